The molecule has 0 spiro atoms. The molecule has 2 rings (SSSR count). The molecular formula is C13H17N3O3S. The van der Waals surface area contributed by atoms with Gasteiger partial charge in [0.2, 0.25) is 0 Å². The third-order valence-electron chi connectivity index (χ3n) is 3.16. The molecule has 2 heterocycles. The molecule has 0 amide bonds. The Balaban J connectivity index is 2.27. The predicted molar refractivity (Wildman–Crippen MR) is 78.5 cm³/mol. The van der Waals surface area contributed by atoms with Crippen LogP contribution in [0.5, 0.6) is 0 Å². The number of aromatic carboxylic acids is 1. The number of carbonyl (C=O) groups is 1. The molecule has 1 atom stereocenters. The van der Waals surface area contributed by atoms with Gasteiger partial charge in [0.25, 0.3) is 0 Å². The lowest BCUT2D eigenvalue weighted by atomic mass is 10.2. The van der Waals surface area contributed by atoms with E-state index in [9.17, 15) is 9.90 Å². The van der Waals surface area contributed by atoms with Crippen molar-refractivity contribution in [2.45, 2.75) is 32.8 Å². The molecule has 0 saturated heterocycles. The number of aryl methyl sites for hydroxylation is 1. The number of nitrogens with one attached hydrogen (secondary N) is 1. The minimum absolute atomic E-state index is 0.289. The first-order chi connectivity index (χ1) is 9.54. The summed E-state index contributed by atoms with van der Waals surface area (Å²) in [5.41, 5.74) is 0.677. The van der Waals surface area contributed by atoms with Crippen molar-refractivity contribution < 1.29 is 15.0 Å². The van der Waals surface area contributed by atoms with Crippen LogP contribution >= 0.6 is 11.3 Å². The molecule has 0 aromatic carbocycles. The van der Waals surface area contributed by atoms with Crippen LogP contribution in [-0.4, -0.2) is 38.8 Å². The van der Waals surface area contributed by atoms with Crippen molar-refractivity contribution in [1.29, 1.82) is 0 Å². The van der Waals surface area contributed by atoms with Gasteiger partial charge in [0, 0.05) is 6.54 Å². The Labute approximate surface area is 120 Å². The van der Waals surface area contributed by atoms with E-state index in [1.165, 1.54) is 6.33 Å². The van der Waals surface area contributed by atoms with E-state index in [0.29, 0.717) is 35.6 Å². The Bertz CT molecular complexity index is 627. The van der Waals surface area contributed by atoms with Gasteiger partial charge >= 0.3 is 5.97 Å². The minimum Gasteiger partial charge on any atom is -0.477 e. The Hall–Kier alpha value is -1.73. The Morgan fingerprint density at radius 3 is 2.90 bits per heavy atom. The van der Waals surface area contributed by atoms with Gasteiger partial charge in [-0.3, -0.25) is 0 Å². The first kappa shape index (κ1) is 14.7. The lowest BCUT2D eigenvalue weighted by Crippen LogP contribution is -2.13. The fourth-order valence-corrected chi connectivity index (χ4v) is 2.96. The van der Waals surface area contributed by atoms with E-state index >= 15 is 0 Å². The van der Waals surface area contributed by atoms with Crippen LogP contribution in [0.15, 0.2) is 6.33 Å². The smallest absolute Gasteiger partial charge is 0.346 e. The number of rotatable bonds is 6. The number of hydrogen-bond donors (Lipinski definition) is 3. The monoisotopic (exact) mass is 295 g/mol. The van der Waals surface area contributed by atoms with E-state index in [-0.39, 0.29) is 11.0 Å². The quantitative estimate of drug-likeness (QED) is 0.756. The molecule has 0 fully saturated rings. The number of thiophene rings is 1. The summed E-state index contributed by atoms with van der Waals surface area (Å²) in [6, 6.07) is 0. The number of carboxylic acid groups (broad SMARTS) is 1. The van der Waals surface area contributed by atoms with Crippen LogP contribution in [0.1, 0.15) is 35.0 Å². The van der Waals surface area contributed by atoms with E-state index in [2.05, 4.69) is 15.3 Å². The van der Waals surface area contributed by atoms with Gasteiger partial charge in [0.1, 0.15) is 21.9 Å². The fraction of sp³-hybridized carbons (Fsp3) is 0.462. The number of fused-ring (bicyclic) bond motifs is 1. The van der Waals surface area contributed by atoms with Crippen molar-refractivity contribution >= 4 is 33.3 Å². The summed E-state index contributed by atoms with van der Waals surface area (Å²) in [5, 5.41) is 22.6. The standard InChI is InChI=1S/C13H17N3O3S/c1-3-8(17)4-5-14-11-9-7(2)10(13(18)19)20-12(9)16-6-15-11/h6,8,17H,3-5H2,1-2H3,(H,18,19)(H,14,15,16). The van der Waals surface area contributed by atoms with E-state index in [1.54, 1.807) is 6.92 Å². The predicted octanol–water partition coefficient (Wildman–Crippen LogP) is 2.27. The van der Waals surface area contributed by atoms with Gasteiger partial charge in [0.05, 0.1) is 11.5 Å². The maximum atomic E-state index is 11.2. The first-order valence-corrected chi connectivity index (χ1v) is 7.25. The minimum atomic E-state index is -0.946. The number of anilines is 1. The van der Waals surface area contributed by atoms with E-state index in [0.717, 1.165) is 16.7 Å². The summed E-state index contributed by atoms with van der Waals surface area (Å²) in [4.78, 5) is 20.4. The SMILES string of the molecule is CCC(O)CCNc1ncnc2sc(C(=O)O)c(C)c12. The second-order valence-corrected chi connectivity index (χ2v) is 5.54. The highest BCUT2D eigenvalue weighted by atomic mass is 32.1. The molecule has 3 N–H and O–H groups in total. The molecule has 0 radical (unpaired) electrons. The van der Waals surface area contributed by atoms with Gasteiger partial charge in [0.15, 0.2) is 0 Å². The van der Waals surface area contributed by atoms with Crippen molar-refractivity contribution in [3.05, 3.63) is 16.8 Å². The van der Waals surface area contributed by atoms with Gasteiger partial charge in [-0.05, 0) is 25.3 Å². The zero-order chi connectivity index (χ0) is 14.7. The molecule has 0 aliphatic rings. The van der Waals surface area contributed by atoms with Crippen molar-refractivity contribution in [2.24, 2.45) is 0 Å². The van der Waals surface area contributed by atoms with Crippen LogP contribution in [0.2, 0.25) is 0 Å². The van der Waals surface area contributed by atoms with Crippen LogP contribution in [0, 0.1) is 6.92 Å². The molecule has 6 nitrogen and oxygen atoms in total. The van der Waals surface area contributed by atoms with E-state index in [4.69, 9.17) is 5.11 Å². The van der Waals surface area contributed by atoms with Crippen LogP contribution in [0.25, 0.3) is 10.2 Å². The largest absolute Gasteiger partial charge is 0.477 e. The average Bonchev–Trinajstić information content (AvgIpc) is 2.77. The maximum Gasteiger partial charge on any atom is 0.346 e. The summed E-state index contributed by atoms with van der Waals surface area (Å²) in [6.45, 7) is 4.27. The number of hydrogen-bond acceptors (Lipinski definition) is 6. The highest BCUT2D eigenvalue weighted by Crippen LogP contribution is 2.33. The maximum absolute atomic E-state index is 11.2. The number of aliphatic hydroxyl groups excluding tert-OH is 1. The number of aliphatic hydroxyl groups is 1. The molecule has 0 saturated carbocycles. The summed E-state index contributed by atoms with van der Waals surface area (Å²) in [5.74, 6) is -0.322. The van der Waals surface area contributed by atoms with Gasteiger partial charge in [-0.2, -0.15) is 0 Å². The van der Waals surface area contributed by atoms with Crippen molar-refractivity contribution in [3.8, 4) is 0 Å². The lowest BCUT2D eigenvalue weighted by Gasteiger charge is -2.10. The van der Waals surface area contributed by atoms with Crippen LogP contribution < -0.4 is 5.32 Å². The summed E-state index contributed by atoms with van der Waals surface area (Å²) in [7, 11) is 0. The van der Waals surface area contributed by atoms with Crippen molar-refractivity contribution in [2.75, 3.05) is 11.9 Å². The van der Waals surface area contributed by atoms with Gasteiger partial charge < -0.3 is 15.5 Å². The van der Waals surface area contributed by atoms with Crippen molar-refractivity contribution in [3.63, 3.8) is 0 Å². The zero-order valence-electron chi connectivity index (χ0n) is 11.4. The summed E-state index contributed by atoms with van der Waals surface area (Å²) >= 11 is 1.15. The molecule has 2 aromatic heterocycles. The number of nitrogens with zero attached hydrogens (tertiary/aromatic N) is 2. The fourth-order valence-electron chi connectivity index (χ4n) is 1.97. The zero-order valence-corrected chi connectivity index (χ0v) is 12.2. The summed E-state index contributed by atoms with van der Waals surface area (Å²) < 4.78 is 0. The second-order valence-electron chi connectivity index (χ2n) is 4.54. The Morgan fingerprint density at radius 2 is 2.25 bits per heavy atom. The third kappa shape index (κ3) is 2.88. The molecule has 2 aromatic rings. The Kier molecular flexibility index (Phi) is 4.51. The molecular weight excluding hydrogens is 278 g/mol. The van der Waals surface area contributed by atoms with E-state index < -0.39 is 5.97 Å². The van der Waals surface area contributed by atoms with E-state index in [1.807, 2.05) is 6.92 Å². The lowest BCUT2D eigenvalue weighted by molar-refractivity contribution is 0.0701. The molecule has 20 heavy (non-hydrogen) atoms. The third-order valence-corrected chi connectivity index (χ3v) is 4.35. The molecule has 0 aliphatic heterocycles. The molecule has 108 valence electrons. The van der Waals surface area contributed by atoms with Crippen molar-refractivity contribution in [1.82, 2.24) is 9.97 Å². The topological polar surface area (TPSA) is 95.3 Å². The number of carboxylic acids is 1. The van der Waals surface area contributed by atoms with Gasteiger partial charge in [-0.15, -0.1) is 11.3 Å². The van der Waals surface area contributed by atoms with Crippen LogP contribution in [0.3, 0.4) is 0 Å². The van der Waals surface area contributed by atoms with Crippen LogP contribution in [-0.2, 0) is 0 Å². The molecule has 0 aliphatic carbocycles. The van der Waals surface area contributed by atoms with Crippen LogP contribution in [0.4, 0.5) is 5.82 Å². The molecule has 0 bridgehead atoms. The number of aromatic nitrogens is 2. The second kappa shape index (κ2) is 6.15. The van der Waals surface area contributed by atoms with Gasteiger partial charge in [-0.1, -0.05) is 6.92 Å². The highest BCUT2D eigenvalue weighted by molar-refractivity contribution is 7.20. The average molecular weight is 295 g/mol. The Morgan fingerprint density at radius 1 is 1.50 bits per heavy atom. The first-order valence-electron chi connectivity index (χ1n) is 6.43. The molecule has 7 heteroatoms. The molecule has 1 unspecified atom stereocenters. The summed E-state index contributed by atoms with van der Waals surface area (Å²) in [6.07, 6.45) is 2.42. The highest BCUT2D eigenvalue weighted by Gasteiger charge is 2.18. The normalized spacial score (nSPS) is 12.6. The van der Waals surface area contributed by atoms with Gasteiger partial charge in [-0.25, -0.2) is 14.8 Å².